The lowest BCUT2D eigenvalue weighted by atomic mass is 9.95. The predicted octanol–water partition coefficient (Wildman–Crippen LogP) is 1.96. The van der Waals surface area contributed by atoms with Crippen LogP contribution in [0.3, 0.4) is 0 Å². The quantitative estimate of drug-likeness (QED) is 0.892. The second-order valence-electron chi connectivity index (χ2n) is 6.21. The Kier molecular flexibility index (Phi) is 5.40. The van der Waals surface area contributed by atoms with E-state index in [0.717, 1.165) is 11.3 Å². The number of likely N-dealkylation sites (tertiary alicyclic amines) is 1. The van der Waals surface area contributed by atoms with Crippen LogP contribution in [0.15, 0.2) is 54.9 Å². The molecule has 3 N–H and O–H groups in total. The number of rotatable bonds is 4. The summed E-state index contributed by atoms with van der Waals surface area (Å²) >= 11 is 0. The van der Waals surface area contributed by atoms with Crippen molar-refractivity contribution in [3.8, 4) is 0 Å². The summed E-state index contributed by atoms with van der Waals surface area (Å²) in [5.41, 5.74) is 7.64. The monoisotopic (exact) mass is 338 g/mol. The summed E-state index contributed by atoms with van der Waals surface area (Å²) in [5, 5.41) is 2.90. The largest absolute Gasteiger partial charge is 0.341 e. The third-order valence-electron chi connectivity index (χ3n) is 4.55. The summed E-state index contributed by atoms with van der Waals surface area (Å²) in [7, 11) is 0. The molecule has 1 saturated heterocycles. The molecule has 0 saturated carbocycles. The van der Waals surface area contributed by atoms with Crippen LogP contribution in [0.1, 0.15) is 24.4 Å². The van der Waals surface area contributed by atoms with Gasteiger partial charge in [-0.1, -0.05) is 30.3 Å². The highest BCUT2D eigenvalue weighted by atomic mass is 16.2. The van der Waals surface area contributed by atoms with E-state index in [1.807, 2.05) is 30.3 Å². The molecule has 3 rings (SSSR count). The Morgan fingerprint density at radius 1 is 1.08 bits per heavy atom. The number of nitrogens with zero attached hydrogens (tertiary/aromatic N) is 2. The first-order chi connectivity index (χ1) is 12.1. The number of carbonyl (C=O) groups is 2. The average Bonchev–Trinajstić information content (AvgIpc) is 2.68. The van der Waals surface area contributed by atoms with Crippen molar-refractivity contribution < 1.29 is 9.59 Å². The van der Waals surface area contributed by atoms with Gasteiger partial charge in [-0.25, -0.2) is 0 Å². The molecular weight excluding hydrogens is 316 g/mol. The van der Waals surface area contributed by atoms with Crippen molar-refractivity contribution in [2.75, 3.05) is 18.4 Å². The van der Waals surface area contributed by atoms with Crippen LogP contribution in [-0.4, -0.2) is 34.8 Å². The zero-order valence-corrected chi connectivity index (χ0v) is 14.0. The molecule has 1 aromatic carbocycles. The molecule has 0 bridgehead atoms. The lowest BCUT2D eigenvalue weighted by Gasteiger charge is -2.33. The number of anilines is 1. The van der Waals surface area contributed by atoms with Gasteiger partial charge < -0.3 is 16.0 Å². The van der Waals surface area contributed by atoms with Gasteiger partial charge in [0.2, 0.25) is 11.8 Å². The SMILES string of the molecule is NC(C(=O)N1CCC(C(=O)Nc2ccncc2)CC1)c1ccccc1. The highest BCUT2D eigenvalue weighted by Gasteiger charge is 2.30. The van der Waals surface area contributed by atoms with Crippen LogP contribution in [0.5, 0.6) is 0 Å². The van der Waals surface area contributed by atoms with E-state index >= 15 is 0 Å². The maximum Gasteiger partial charge on any atom is 0.244 e. The molecule has 2 amide bonds. The van der Waals surface area contributed by atoms with E-state index in [0.29, 0.717) is 25.9 Å². The lowest BCUT2D eigenvalue weighted by molar-refractivity contribution is -0.135. The Bertz CT molecular complexity index is 713. The number of aromatic nitrogens is 1. The number of hydrogen-bond donors (Lipinski definition) is 2. The number of piperidine rings is 1. The van der Waals surface area contributed by atoms with Gasteiger partial charge in [-0.15, -0.1) is 0 Å². The van der Waals surface area contributed by atoms with Crippen molar-refractivity contribution in [2.45, 2.75) is 18.9 Å². The fraction of sp³-hybridized carbons (Fsp3) is 0.316. The first-order valence-corrected chi connectivity index (χ1v) is 8.45. The third-order valence-corrected chi connectivity index (χ3v) is 4.55. The van der Waals surface area contributed by atoms with Gasteiger partial charge in [-0.05, 0) is 30.5 Å². The number of carbonyl (C=O) groups excluding carboxylic acids is 2. The number of hydrogen-bond acceptors (Lipinski definition) is 4. The Morgan fingerprint density at radius 2 is 1.72 bits per heavy atom. The topological polar surface area (TPSA) is 88.3 Å². The molecule has 25 heavy (non-hydrogen) atoms. The zero-order valence-electron chi connectivity index (χ0n) is 14.0. The van der Waals surface area contributed by atoms with Crippen LogP contribution < -0.4 is 11.1 Å². The molecule has 1 aromatic heterocycles. The van der Waals surface area contributed by atoms with E-state index in [1.54, 1.807) is 29.4 Å². The first kappa shape index (κ1) is 17.1. The zero-order chi connectivity index (χ0) is 17.6. The number of pyridine rings is 1. The second-order valence-corrected chi connectivity index (χ2v) is 6.21. The van der Waals surface area contributed by atoms with E-state index in [1.165, 1.54) is 0 Å². The Morgan fingerprint density at radius 3 is 2.36 bits per heavy atom. The maximum absolute atomic E-state index is 12.6. The summed E-state index contributed by atoms with van der Waals surface area (Å²) < 4.78 is 0. The molecule has 1 fully saturated rings. The minimum Gasteiger partial charge on any atom is -0.341 e. The van der Waals surface area contributed by atoms with Gasteiger partial charge >= 0.3 is 0 Å². The van der Waals surface area contributed by atoms with E-state index in [-0.39, 0.29) is 17.7 Å². The molecule has 0 aliphatic carbocycles. The van der Waals surface area contributed by atoms with Crippen molar-refractivity contribution in [1.29, 1.82) is 0 Å². The van der Waals surface area contributed by atoms with Gasteiger partial charge in [0.15, 0.2) is 0 Å². The highest BCUT2D eigenvalue weighted by molar-refractivity contribution is 5.92. The molecular formula is C19H22N4O2. The standard InChI is InChI=1S/C19H22N4O2/c20-17(14-4-2-1-3-5-14)19(25)23-12-8-15(9-13-23)18(24)22-16-6-10-21-11-7-16/h1-7,10-11,15,17H,8-9,12-13,20H2,(H,21,22,24). The molecule has 2 aromatic rings. The van der Waals surface area contributed by atoms with E-state index in [2.05, 4.69) is 10.3 Å². The minimum absolute atomic E-state index is 0.00865. The van der Waals surface area contributed by atoms with Crippen molar-refractivity contribution >= 4 is 17.5 Å². The maximum atomic E-state index is 12.6. The predicted molar refractivity (Wildman–Crippen MR) is 95.5 cm³/mol. The van der Waals surface area contributed by atoms with Gasteiger partial charge in [0.05, 0.1) is 0 Å². The number of amides is 2. The van der Waals surface area contributed by atoms with Crippen LogP contribution in [-0.2, 0) is 9.59 Å². The van der Waals surface area contributed by atoms with Crippen LogP contribution in [0.2, 0.25) is 0 Å². The summed E-state index contributed by atoms with van der Waals surface area (Å²) in [4.78, 5) is 30.6. The fourth-order valence-corrected chi connectivity index (χ4v) is 3.04. The molecule has 6 heteroatoms. The molecule has 1 aliphatic rings. The second kappa shape index (κ2) is 7.90. The molecule has 0 spiro atoms. The van der Waals surface area contributed by atoms with Crippen molar-refractivity contribution in [2.24, 2.45) is 11.7 Å². The number of nitrogens with two attached hydrogens (primary N) is 1. The van der Waals surface area contributed by atoms with Gasteiger partial charge in [0.25, 0.3) is 0 Å². The van der Waals surface area contributed by atoms with Gasteiger partial charge in [-0.3, -0.25) is 14.6 Å². The number of benzene rings is 1. The Balaban J connectivity index is 1.53. The van der Waals surface area contributed by atoms with Crippen molar-refractivity contribution in [3.63, 3.8) is 0 Å². The van der Waals surface area contributed by atoms with Crippen molar-refractivity contribution in [3.05, 3.63) is 60.4 Å². The summed E-state index contributed by atoms with van der Waals surface area (Å²) in [6.07, 6.45) is 4.57. The van der Waals surface area contributed by atoms with Gasteiger partial charge in [0.1, 0.15) is 6.04 Å². The summed E-state index contributed by atoms with van der Waals surface area (Å²) in [6, 6.07) is 12.2. The Hall–Kier alpha value is -2.73. The fourth-order valence-electron chi connectivity index (χ4n) is 3.04. The van der Waals surface area contributed by atoms with E-state index < -0.39 is 6.04 Å². The Labute approximate surface area is 147 Å². The third kappa shape index (κ3) is 4.22. The van der Waals surface area contributed by atoms with Crippen LogP contribution in [0.4, 0.5) is 5.69 Å². The molecule has 1 atom stereocenters. The van der Waals surface area contributed by atoms with Crippen LogP contribution >= 0.6 is 0 Å². The van der Waals surface area contributed by atoms with E-state index in [9.17, 15) is 9.59 Å². The molecule has 1 unspecified atom stereocenters. The molecule has 130 valence electrons. The van der Waals surface area contributed by atoms with E-state index in [4.69, 9.17) is 5.73 Å². The lowest BCUT2D eigenvalue weighted by Crippen LogP contribution is -2.45. The van der Waals surface area contributed by atoms with Crippen molar-refractivity contribution in [1.82, 2.24) is 9.88 Å². The molecule has 2 heterocycles. The molecule has 6 nitrogen and oxygen atoms in total. The first-order valence-electron chi connectivity index (χ1n) is 8.45. The molecule has 1 aliphatic heterocycles. The highest BCUT2D eigenvalue weighted by Crippen LogP contribution is 2.22. The van der Waals surface area contributed by atoms with Crippen LogP contribution in [0, 0.1) is 5.92 Å². The molecule has 0 radical (unpaired) electrons. The normalized spacial score (nSPS) is 16.3. The average molecular weight is 338 g/mol. The van der Waals surface area contributed by atoms with Crippen LogP contribution in [0.25, 0.3) is 0 Å². The minimum atomic E-state index is -0.650. The van der Waals surface area contributed by atoms with Gasteiger partial charge in [0, 0.05) is 37.1 Å². The van der Waals surface area contributed by atoms with Gasteiger partial charge in [-0.2, -0.15) is 0 Å². The summed E-state index contributed by atoms with van der Waals surface area (Å²) in [5.74, 6) is -0.185. The number of nitrogens with one attached hydrogen (secondary N) is 1. The smallest absolute Gasteiger partial charge is 0.244 e. The summed E-state index contributed by atoms with van der Waals surface area (Å²) in [6.45, 7) is 1.10.